The normalized spacial score (nSPS) is 16.0. The number of rotatable bonds is 6. The summed E-state index contributed by atoms with van der Waals surface area (Å²) in [4.78, 5) is 4.75. The summed E-state index contributed by atoms with van der Waals surface area (Å²) in [5, 5.41) is 0. The third-order valence-electron chi connectivity index (χ3n) is 5.46. The highest BCUT2D eigenvalue weighted by molar-refractivity contribution is 7.89. The first-order valence-electron chi connectivity index (χ1n) is 9.79. The van der Waals surface area contributed by atoms with Gasteiger partial charge in [-0.2, -0.15) is 4.31 Å². The quantitative estimate of drug-likeness (QED) is 0.621. The van der Waals surface area contributed by atoms with E-state index in [1.54, 1.807) is 28.6 Å². The van der Waals surface area contributed by atoms with Crippen LogP contribution in [0, 0.1) is 5.92 Å². The van der Waals surface area contributed by atoms with Crippen LogP contribution < -0.4 is 4.74 Å². The summed E-state index contributed by atoms with van der Waals surface area (Å²) < 4.78 is 35.1. The van der Waals surface area contributed by atoms with Crippen LogP contribution in [0.4, 0.5) is 0 Å². The van der Waals surface area contributed by atoms with Gasteiger partial charge in [-0.05, 0) is 30.9 Å². The fourth-order valence-corrected chi connectivity index (χ4v) is 5.51. The van der Waals surface area contributed by atoms with Gasteiger partial charge in [-0.15, -0.1) is 0 Å². The summed E-state index contributed by atoms with van der Waals surface area (Å²) in [5.41, 5.74) is 1.09. The molecule has 3 aromatic rings. The maximum atomic E-state index is 13.1. The van der Waals surface area contributed by atoms with Crippen molar-refractivity contribution < 1.29 is 13.2 Å². The molecule has 1 saturated heterocycles. The Kier molecular flexibility index (Phi) is 5.69. The van der Waals surface area contributed by atoms with Gasteiger partial charge in [0.1, 0.15) is 16.5 Å². The summed E-state index contributed by atoms with van der Waals surface area (Å²) in [6, 6.07) is 16.9. The summed E-state index contributed by atoms with van der Waals surface area (Å²) in [7, 11) is -2.06. The van der Waals surface area contributed by atoms with E-state index in [2.05, 4.69) is 21.7 Å². The largest absolute Gasteiger partial charge is 0.495 e. The second-order valence-electron chi connectivity index (χ2n) is 7.27. The summed E-state index contributed by atoms with van der Waals surface area (Å²) in [6.45, 7) is 1.87. The lowest BCUT2D eigenvalue weighted by Gasteiger charge is -2.31. The molecule has 0 N–H and O–H groups in total. The highest BCUT2D eigenvalue weighted by atomic mass is 32.2. The third-order valence-corrected chi connectivity index (χ3v) is 7.40. The van der Waals surface area contributed by atoms with Crippen LogP contribution in [0.25, 0.3) is 11.4 Å². The van der Waals surface area contributed by atoms with Crippen LogP contribution in [-0.2, 0) is 16.6 Å². The Labute approximate surface area is 171 Å². The summed E-state index contributed by atoms with van der Waals surface area (Å²) in [5.74, 6) is 1.76. The number of para-hydroxylation sites is 1. The van der Waals surface area contributed by atoms with Crippen molar-refractivity contribution in [3.05, 3.63) is 67.0 Å². The molecule has 1 aromatic heterocycles. The van der Waals surface area contributed by atoms with Gasteiger partial charge in [0.2, 0.25) is 10.0 Å². The Balaban J connectivity index is 1.44. The van der Waals surface area contributed by atoms with E-state index in [9.17, 15) is 8.42 Å². The van der Waals surface area contributed by atoms with Gasteiger partial charge in [0.15, 0.2) is 0 Å². The number of nitrogens with zero attached hydrogens (tertiary/aromatic N) is 3. The van der Waals surface area contributed by atoms with Gasteiger partial charge in [0.05, 0.1) is 7.11 Å². The summed E-state index contributed by atoms with van der Waals surface area (Å²) >= 11 is 0. The van der Waals surface area contributed by atoms with Gasteiger partial charge in [0.25, 0.3) is 0 Å². The number of piperidine rings is 1. The van der Waals surface area contributed by atoms with Gasteiger partial charge in [0, 0.05) is 37.6 Å². The molecule has 0 unspecified atom stereocenters. The Morgan fingerprint density at radius 1 is 1.03 bits per heavy atom. The highest BCUT2D eigenvalue weighted by Gasteiger charge is 2.31. The molecule has 1 fully saturated rings. The van der Waals surface area contributed by atoms with E-state index in [-0.39, 0.29) is 4.90 Å². The lowest BCUT2D eigenvalue weighted by molar-refractivity contribution is 0.253. The van der Waals surface area contributed by atoms with Crippen LogP contribution >= 0.6 is 0 Å². The maximum Gasteiger partial charge on any atom is 0.246 e. The zero-order chi connectivity index (χ0) is 20.3. The van der Waals surface area contributed by atoms with E-state index in [0.29, 0.717) is 24.8 Å². The average molecular weight is 412 g/mol. The number of benzene rings is 2. The molecular weight excluding hydrogens is 386 g/mol. The van der Waals surface area contributed by atoms with Crippen LogP contribution in [0.2, 0.25) is 0 Å². The smallest absolute Gasteiger partial charge is 0.246 e. The monoisotopic (exact) mass is 411 g/mol. The van der Waals surface area contributed by atoms with Crippen molar-refractivity contribution in [2.45, 2.75) is 24.3 Å². The number of imidazole rings is 1. The van der Waals surface area contributed by atoms with Crippen LogP contribution in [-0.4, -0.2) is 42.5 Å². The minimum Gasteiger partial charge on any atom is -0.495 e. The maximum absolute atomic E-state index is 13.1. The van der Waals surface area contributed by atoms with E-state index in [0.717, 1.165) is 30.8 Å². The second kappa shape index (κ2) is 8.39. The molecule has 2 heterocycles. The molecule has 0 atom stereocenters. The molecule has 29 heavy (non-hydrogen) atoms. The Morgan fingerprint density at radius 2 is 1.72 bits per heavy atom. The molecule has 0 bridgehead atoms. The Morgan fingerprint density at radius 3 is 2.45 bits per heavy atom. The van der Waals surface area contributed by atoms with Crippen molar-refractivity contribution in [2.24, 2.45) is 5.92 Å². The minimum atomic E-state index is -3.55. The lowest BCUT2D eigenvalue weighted by atomic mass is 9.98. The van der Waals surface area contributed by atoms with E-state index in [1.165, 1.54) is 7.11 Å². The minimum absolute atomic E-state index is 0.238. The van der Waals surface area contributed by atoms with Gasteiger partial charge in [-0.1, -0.05) is 42.5 Å². The first-order chi connectivity index (χ1) is 14.1. The molecule has 2 aromatic carbocycles. The molecule has 7 heteroatoms. The van der Waals surface area contributed by atoms with E-state index in [4.69, 9.17) is 4.74 Å². The molecule has 0 saturated carbocycles. The Bertz CT molecular complexity index is 1060. The fraction of sp³-hybridized carbons (Fsp3) is 0.318. The molecule has 0 spiro atoms. The average Bonchev–Trinajstić information content (AvgIpc) is 3.23. The van der Waals surface area contributed by atoms with Crippen molar-refractivity contribution in [3.63, 3.8) is 0 Å². The zero-order valence-corrected chi connectivity index (χ0v) is 17.3. The van der Waals surface area contributed by atoms with E-state index >= 15 is 0 Å². The number of aromatic nitrogens is 2. The fourth-order valence-electron chi connectivity index (χ4n) is 3.89. The predicted molar refractivity (Wildman–Crippen MR) is 112 cm³/mol. The van der Waals surface area contributed by atoms with E-state index < -0.39 is 10.0 Å². The predicted octanol–water partition coefficient (Wildman–Crippen LogP) is 3.66. The van der Waals surface area contributed by atoms with Crippen LogP contribution in [0.3, 0.4) is 0 Å². The van der Waals surface area contributed by atoms with Crippen molar-refractivity contribution in [1.82, 2.24) is 13.9 Å². The second-order valence-corrected chi connectivity index (χ2v) is 9.17. The molecule has 0 amide bonds. The van der Waals surface area contributed by atoms with Gasteiger partial charge >= 0.3 is 0 Å². The van der Waals surface area contributed by atoms with Crippen LogP contribution in [0.15, 0.2) is 71.9 Å². The van der Waals surface area contributed by atoms with Gasteiger partial charge < -0.3 is 9.30 Å². The van der Waals surface area contributed by atoms with Crippen molar-refractivity contribution in [2.75, 3.05) is 20.2 Å². The van der Waals surface area contributed by atoms with Crippen molar-refractivity contribution >= 4 is 10.0 Å². The summed E-state index contributed by atoms with van der Waals surface area (Å²) in [6.07, 6.45) is 5.46. The van der Waals surface area contributed by atoms with Gasteiger partial charge in [-0.25, -0.2) is 13.4 Å². The van der Waals surface area contributed by atoms with Crippen molar-refractivity contribution in [3.8, 4) is 17.1 Å². The topological polar surface area (TPSA) is 64.4 Å². The molecule has 4 rings (SSSR count). The molecule has 6 nitrogen and oxygen atoms in total. The zero-order valence-electron chi connectivity index (χ0n) is 16.4. The molecule has 1 aliphatic heterocycles. The molecule has 0 radical (unpaired) electrons. The van der Waals surface area contributed by atoms with E-state index in [1.807, 2.05) is 30.6 Å². The highest BCUT2D eigenvalue weighted by Crippen LogP contribution is 2.30. The van der Waals surface area contributed by atoms with Gasteiger partial charge in [-0.3, -0.25) is 0 Å². The first-order valence-corrected chi connectivity index (χ1v) is 11.2. The Hall–Kier alpha value is -2.64. The van der Waals surface area contributed by atoms with Crippen molar-refractivity contribution in [1.29, 1.82) is 0 Å². The SMILES string of the molecule is COc1ccccc1S(=O)(=O)N1CCC(Cn2ccnc2-c2ccccc2)CC1. The molecule has 0 aliphatic carbocycles. The molecular formula is C22H25N3O3S. The first kappa shape index (κ1) is 19.7. The van der Waals surface area contributed by atoms with Crippen LogP contribution in [0.1, 0.15) is 12.8 Å². The van der Waals surface area contributed by atoms with Crippen LogP contribution in [0.5, 0.6) is 5.75 Å². The molecule has 152 valence electrons. The third kappa shape index (κ3) is 4.06. The standard InChI is InChI=1S/C22H25N3O3S/c1-28-20-9-5-6-10-21(20)29(26,27)25-14-11-18(12-15-25)17-24-16-13-23-22(24)19-7-3-2-4-8-19/h2-10,13,16,18H,11-12,14-15,17H2,1H3. The number of hydrogen-bond acceptors (Lipinski definition) is 4. The number of ether oxygens (including phenoxy) is 1. The number of hydrogen-bond donors (Lipinski definition) is 0. The lowest BCUT2D eigenvalue weighted by Crippen LogP contribution is -2.39. The number of sulfonamides is 1. The number of methoxy groups -OCH3 is 1. The molecule has 1 aliphatic rings.